The molecule has 0 saturated heterocycles. The number of benzene rings is 2. The Balaban J connectivity index is 2.07. The van der Waals surface area contributed by atoms with E-state index in [-0.39, 0.29) is 23.5 Å². The Morgan fingerprint density at radius 1 is 1.00 bits per heavy atom. The molecular formula is C20H22F3NO4. The first-order valence-electron chi connectivity index (χ1n) is 8.60. The normalized spacial score (nSPS) is 12.4. The quantitative estimate of drug-likeness (QED) is 0.724. The molecule has 0 radical (unpaired) electrons. The van der Waals surface area contributed by atoms with E-state index in [4.69, 9.17) is 9.47 Å². The molecule has 0 heterocycles. The molecule has 2 rings (SSSR count). The van der Waals surface area contributed by atoms with Crippen molar-refractivity contribution in [2.45, 2.75) is 39.3 Å². The maximum Gasteiger partial charge on any atom is 0.573 e. The minimum atomic E-state index is -4.78. The van der Waals surface area contributed by atoms with Crippen molar-refractivity contribution >= 4 is 5.91 Å². The number of amides is 1. The maximum absolute atomic E-state index is 12.4. The zero-order chi connectivity index (χ0) is 20.9. The summed E-state index contributed by atoms with van der Waals surface area (Å²) in [5.74, 6) is 0.330. The van der Waals surface area contributed by atoms with Crippen molar-refractivity contribution in [3.8, 4) is 17.2 Å². The Morgan fingerprint density at radius 3 is 2.18 bits per heavy atom. The molecule has 0 saturated carbocycles. The smallest absolute Gasteiger partial charge is 0.493 e. The van der Waals surface area contributed by atoms with Crippen LogP contribution in [0.15, 0.2) is 42.5 Å². The second-order valence-electron chi connectivity index (χ2n) is 6.34. The third-order valence-electron chi connectivity index (χ3n) is 3.75. The summed E-state index contributed by atoms with van der Waals surface area (Å²) >= 11 is 0. The number of carbonyl (C=O) groups excluding carboxylic acids is 1. The van der Waals surface area contributed by atoms with E-state index in [0.717, 1.165) is 17.7 Å². The van der Waals surface area contributed by atoms with Gasteiger partial charge in [0, 0.05) is 5.56 Å². The van der Waals surface area contributed by atoms with Crippen LogP contribution in [0.1, 0.15) is 42.7 Å². The highest BCUT2D eigenvalue weighted by Gasteiger charge is 2.31. The molecule has 152 valence electrons. The molecule has 0 aliphatic rings. The van der Waals surface area contributed by atoms with Crippen LogP contribution < -0.4 is 19.5 Å². The van der Waals surface area contributed by atoms with Gasteiger partial charge >= 0.3 is 6.36 Å². The molecule has 5 nitrogen and oxygen atoms in total. The highest BCUT2D eigenvalue weighted by molar-refractivity contribution is 5.94. The Hall–Kier alpha value is -2.90. The van der Waals surface area contributed by atoms with E-state index >= 15 is 0 Å². The topological polar surface area (TPSA) is 56.8 Å². The molecule has 0 aliphatic heterocycles. The minimum Gasteiger partial charge on any atom is -0.493 e. The number of ether oxygens (including phenoxy) is 3. The van der Waals surface area contributed by atoms with Gasteiger partial charge < -0.3 is 19.5 Å². The van der Waals surface area contributed by atoms with Crippen molar-refractivity contribution in [1.29, 1.82) is 0 Å². The second kappa shape index (κ2) is 8.86. The lowest BCUT2D eigenvalue weighted by atomic mass is 10.1. The van der Waals surface area contributed by atoms with Crippen molar-refractivity contribution in [2.24, 2.45) is 0 Å². The van der Waals surface area contributed by atoms with Crippen LogP contribution in [-0.2, 0) is 0 Å². The molecule has 0 fully saturated rings. The molecular weight excluding hydrogens is 375 g/mol. The summed E-state index contributed by atoms with van der Waals surface area (Å²) in [5, 5.41) is 2.79. The molecule has 1 atom stereocenters. The van der Waals surface area contributed by atoms with Crippen LogP contribution in [0.2, 0.25) is 0 Å². The largest absolute Gasteiger partial charge is 0.573 e. The van der Waals surface area contributed by atoms with E-state index in [2.05, 4.69) is 10.1 Å². The highest BCUT2D eigenvalue weighted by atomic mass is 19.4. The van der Waals surface area contributed by atoms with E-state index in [9.17, 15) is 18.0 Å². The van der Waals surface area contributed by atoms with Crippen LogP contribution in [0.5, 0.6) is 17.2 Å². The Labute approximate surface area is 161 Å². The molecule has 28 heavy (non-hydrogen) atoms. The van der Waals surface area contributed by atoms with E-state index in [1.54, 1.807) is 19.1 Å². The number of rotatable bonds is 7. The standard InChI is InChI=1S/C20H22F3NO4/c1-12(2)27-17-10-7-15(11-18(17)26-4)13(3)24-19(25)14-5-8-16(9-6-14)28-20(21,22)23/h5-13H,1-4H3,(H,24,25). The Kier molecular flexibility index (Phi) is 6.77. The summed E-state index contributed by atoms with van der Waals surface area (Å²) in [4.78, 5) is 12.4. The van der Waals surface area contributed by atoms with Crippen LogP contribution >= 0.6 is 0 Å². The number of methoxy groups -OCH3 is 1. The lowest BCUT2D eigenvalue weighted by Crippen LogP contribution is -2.26. The van der Waals surface area contributed by atoms with Crippen LogP contribution in [0, 0.1) is 0 Å². The fourth-order valence-electron chi connectivity index (χ4n) is 2.48. The van der Waals surface area contributed by atoms with Gasteiger partial charge in [0.15, 0.2) is 11.5 Å². The van der Waals surface area contributed by atoms with Crippen LogP contribution in [0.3, 0.4) is 0 Å². The predicted octanol–water partition coefficient (Wildman–Crippen LogP) is 4.87. The van der Waals surface area contributed by atoms with Gasteiger partial charge in [-0.2, -0.15) is 0 Å². The summed E-state index contributed by atoms with van der Waals surface area (Å²) in [7, 11) is 1.53. The fraction of sp³-hybridized carbons (Fsp3) is 0.350. The molecule has 0 aliphatic carbocycles. The summed E-state index contributed by atoms with van der Waals surface area (Å²) < 4.78 is 51.4. The summed E-state index contributed by atoms with van der Waals surface area (Å²) in [6, 6.07) is 9.70. The molecule has 2 aromatic carbocycles. The second-order valence-corrected chi connectivity index (χ2v) is 6.34. The summed E-state index contributed by atoms with van der Waals surface area (Å²) in [5.41, 5.74) is 1.01. The molecule has 0 aromatic heterocycles. The monoisotopic (exact) mass is 397 g/mol. The number of hydrogen-bond donors (Lipinski definition) is 1. The SMILES string of the molecule is COc1cc(C(C)NC(=O)c2ccc(OC(F)(F)F)cc2)ccc1OC(C)C. The maximum atomic E-state index is 12.4. The first-order chi connectivity index (χ1) is 13.1. The zero-order valence-corrected chi connectivity index (χ0v) is 16.0. The van der Waals surface area contributed by atoms with Gasteiger partial charge in [0.25, 0.3) is 5.91 Å². The lowest BCUT2D eigenvalue weighted by Gasteiger charge is -2.18. The molecule has 1 amide bonds. The van der Waals surface area contributed by atoms with Crippen molar-refractivity contribution < 1.29 is 32.2 Å². The highest BCUT2D eigenvalue weighted by Crippen LogP contribution is 2.31. The van der Waals surface area contributed by atoms with Gasteiger partial charge in [-0.3, -0.25) is 4.79 Å². The Morgan fingerprint density at radius 2 is 1.64 bits per heavy atom. The first kappa shape index (κ1) is 21.4. The summed E-state index contributed by atoms with van der Waals surface area (Å²) in [6.45, 7) is 5.60. The fourth-order valence-corrected chi connectivity index (χ4v) is 2.48. The average molecular weight is 397 g/mol. The lowest BCUT2D eigenvalue weighted by molar-refractivity contribution is -0.274. The summed E-state index contributed by atoms with van der Waals surface area (Å²) in [6.07, 6.45) is -4.79. The molecule has 8 heteroatoms. The van der Waals surface area contributed by atoms with E-state index in [1.165, 1.54) is 19.2 Å². The minimum absolute atomic E-state index is 0.0128. The van der Waals surface area contributed by atoms with E-state index in [1.807, 2.05) is 19.9 Å². The molecule has 0 bridgehead atoms. The average Bonchev–Trinajstić information content (AvgIpc) is 2.60. The van der Waals surface area contributed by atoms with Crippen molar-refractivity contribution in [3.05, 3.63) is 53.6 Å². The number of alkyl halides is 3. The van der Waals surface area contributed by atoms with Crippen molar-refractivity contribution in [3.63, 3.8) is 0 Å². The van der Waals surface area contributed by atoms with Crippen LogP contribution in [-0.4, -0.2) is 25.5 Å². The molecule has 2 aromatic rings. The number of nitrogens with one attached hydrogen (secondary N) is 1. The number of halogens is 3. The molecule has 0 spiro atoms. The van der Waals surface area contributed by atoms with Gasteiger partial charge in [-0.1, -0.05) is 6.07 Å². The van der Waals surface area contributed by atoms with Crippen LogP contribution in [0.4, 0.5) is 13.2 Å². The van der Waals surface area contributed by atoms with Crippen molar-refractivity contribution in [1.82, 2.24) is 5.32 Å². The number of hydrogen-bond acceptors (Lipinski definition) is 4. The van der Waals surface area contributed by atoms with Gasteiger partial charge in [0.2, 0.25) is 0 Å². The van der Waals surface area contributed by atoms with E-state index < -0.39 is 12.3 Å². The predicted molar refractivity (Wildman–Crippen MR) is 97.8 cm³/mol. The third-order valence-corrected chi connectivity index (χ3v) is 3.75. The third kappa shape index (κ3) is 6.07. The van der Waals surface area contributed by atoms with Crippen molar-refractivity contribution in [2.75, 3.05) is 7.11 Å². The van der Waals surface area contributed by atoms with Gasteiger partial charge in [0.05, 0.1) is 19.3 Å². The molecule has 1 unspecified atom stereocenters. The molecule has 1 N–H and O–H groups in total. The van der Waals surface area contributed by atoms with Gasteiger partial charge in [-0.05, 0) is 62.7 Å². The van der Waals surface area contributed by atoms with E-state index in [0.29, 0.717) is 11.5 Å². The van der Waals surface area contributed by atoms with Gasteiger partial charge in [0.1, 0.15) is 5.75 Å². The van der Waals surface area contributed by atoms with Gasteiger partial charge in [-0.25, -0.2) is 0 Å². The first-order valence-corrected chi connectivity index (χ1v) is 8.60. The number of carbonyl (C=O) groups is 1. The Bertz CT molecular complexity index is 804. The zero-order valence-electron chi connectivity index (χ0n) is 16.0. The van der Waals surface area contributed by atoms with Crippen LogP contribution in [0.25, 0.3) is 0 Å². The van der Waals surface area contributed by atoms with Gasteiger partial charge in [-0.15, -0.1) is 13.2 Å².